The summed E-state index contributed by atoms with van der Waals surface area (Å²) in [7, 11) is 0. The third-order valence-electron chi connectivity index (χ3n) is 11.0. The molecule has 0 unspecified atom stereocenters. The van der Waals surface area contributed by atoms with Crippen LogP contribution in [0.25, 0.3) is 43.9 Å². The van der Waals surface area contributed by atoms with Gasteiger partial charge in [0, 0.05) is 56.3 Å². The van der Waals surface area contributed by atoms with Gasteiger partial charge in [0.15, 0.2) is 5.58 Å². The molecule has 59 heavy (non-hydrogen) atoms. The molecule has 280 valence electrons. The number of fused-ring (bicyclic) bond motifs is 6. The zero-order valence-electron chi connectivity index (χ0n) is 32.0. The van der Waals surface area contributed by atoms with Crippen molar-refractivity contribution in [3.8, 4) is 0 Å². The predicted molar refractivity (Wildman–Crippen MR) is 245 cm³/mol. The summed E-state index contributed by atoms with van der Waals surface area (Å²) >= 11 is 0. The lowest BCUT2D eigenvalue weighted by molar-refractivity contribution is 0.667. The molecule has 9 aromatic carbocycles. The number of hydrogen-bond donors (Lipinski definition) is 0. The predicted octanol–water partition coefficient (Wildman–Crippen LogP) is 15.9. The lowest BCUT2D eigenvalue weighted by Crippen LogP contribution is -2.13. The molecule has 0 N–H and O–H groups in total. The normalized spacial score (nSPS) is 11.4. The minimum atomic E-state index is 0.792. The van der Waals surface area contributed by atoms with E-state index in [1.807, 2.05) is 24.3 Å². The van der Waals surface area contributed by atoms with Crippen LogP contribution in [0.15, 0.2) is 233 Å². The minimum absolute atomic E-state index is 0.792. The number of hydrogen-bond acceptors (Lipinski definition) is 5. The molecule has 2 aromatic heterocycles. The monoisotopic (exact) mass is 759 g/mol. The zero-order valence-corrected chi connectivity index (χ0v) is 32.0. The first-order chi connectivity index (χ1) is 29.3. The smallest absolute Gasteiger partial charge is 0.161 e. The molecule has 0 atom stereocenters. The van der Waals surface area contributed by atoms with E-state index in [-0.39, 0.29) is 0 Å². The van der Waals surface area contributed by atoms with Gasteiger partial charge in [0.05, 0.1) is 22.4 Å². The molecule has 2 heterocycles. The van der Waals surface area contributed by atoms with Crippen LogP contribution in [-0.4, -0.2) is 0 Å². The van der Waals surface area contributed by atoms with E-state index >= 15 is 0 Å². The number of anilines is 9. The summed E-state index contributed by atoms with van der Waals surface area (Å²) in [5.74, 6) is 0. The molecule has 0 spiro atoms. The van der Waals surface area contributed by atoms with E-state index in [9.17, 15) is 0 Å². The van der Waals surface area contributed by atoms with Crippen LogP contribution in [-0.2, 0) is 0 Å². The highest BCUT2D eigenvalue weighted by Crippen LogP contribution is 2.49. The summed E-state index contributed by atoms with van der Waals surface area (Å²) in [6.07, 6.45) is 0. The summed E-state index contributed by atoms with van der Waals surface area (Å²) < 4.78 is 13.6. The maximum atomic E-state index is 6.92. The number of rotatable bonds is 9. The van der Waals surface area contributed by atoms with Crippen molar-refractivity contribution in [3.05, 3.63) is 224 Å². The largest absolute Gasteiger partial charge is 0.456 e. The molecular formula is C54H37N3O2. The maximum absolute atomic E-state index is 6.92. The Hall–Kier alpha value is -8.02. The Morgan fingerprint density at radius 2 is 0.695 bits per heavy atom. The van der Waals surface area contributed by atoms with Crippen LogP contribution in [0, 0.1) is 0 Å². The maximum Gasteiger partial charge on any atom is 0.161 e. The summed E-state index contributed by atoms with van der Waals surface area (Å²) in [4.78, 5) is 6.86. The van der Waals surface area contributed by atoms with Crippen molar-refractivity contribution >= 4 is 95.1 Å². The van der Waals surface area contributed by atoms with E-state index in [0.29, 0.717) is 0 Å². The van der Waals surface area contributed by atoms with Gasteiger partial charge in [0.1, 0.15) is 16.7 Å². The van der Waals surface area contributed by atoms with E-state index in [1.165, 1.54) is 0 Å². The van der Waals surface area contributed by atoms with Gasteiger partial charge in [-0.15, -0.1) is 0 Å². The van der Waals surface area contributed by atoms with Crippen LogP contribution >= 0.6 is 0 Å². The van der Waals surface area contributed by atoms with Crippen molar-refractivity contribution in [2.75, 3.05) is 14.7 Å². The highest BCUT2D eigenvalue weighted by Gasteiger charge is 2.25. The average molecular weight is 760 g/mol. The van der Waals surface area contributed by atoms with Gasteiger partial charge in [0.25, 0.3) is 0 Å². The summed E-state index contributed by atoms with van der Waals surface area (Å²) in [5.41, 5.74) is 12.5. The zero-order chi connectivity index (χ0) is 39.1. The summed E-state index contributed by atoms with van der Waals surface area (Å²) in [5, 5.41) is 4.18. The third-order valence-corrected chi connectivity index (χ3v) is 11.0. The first kappa shape index (κ1) is 34.2. The van der Waals surface area contributed by atoms with E-state index in [1.54, 1.807) is 0 Å². The lowest BCUT2D eigenvalue weighted by Gasteiger charge is -2.29. The van der Waals surface area contributed by atoms with E-state index in [4.69, 9.17) is 8.83 Å². The van der Waals surface area contributed by atoms with E-state index in [2.05, 4.69) is 215 Å². The van der Waals surface area contributed by atoms with Gasteiger partial charge in [-0.25, -0.2) is 0 Å². The van der Waals surface area contributed by atoms with Gasteiger partial charge in [0.2, 0.25) is 0 Å². The Labute approximate surface area is 341 Å². The fourth-order valence-electron chi connectivity index (χ4n) is 8.38. The van der Waals surface area contributed by atoms with Gasteiger partial charge < -0.3 is 23.5 Å². The molecule has 5 heteroatoms. The van der Waals surface area contributed by atoms with Crippen molar-refractivity contribution < 1.29 is 8.83 Å². The second kappa shape index (κ2) is 14.5. The van der Waals surface area contributed by atoms with Gasteiger partial charge >= 0.3 is 0 Å². The fraction of sp³-hybridized carbons (Fsp3) is 0. The third kappa shape index (κ3) is 6.04. The molecule has 0 aliphatic carbocycles. The minimum Gasteiger partial charge on any atom is -0.456 e. The molecule has 0 aliphatic rings. The molecule has 0 amide bonds. The molecule has 0 radical (unpaired) electrons. The number of benzene rings is 9. The Morgan fingerprint density at radius 1 is 0.254 bits per heavy atom. The van der Waals surface area contributed by atoms with Gasteiger partial charge in [-0.05, 0) is 109 Å². The topological polar surface area (TPSA) is 36.0 Å². The Kier molecular flexibility index (Phi) is 8.41. The molecule has 11 rings (SSSR count). The van der Waals surface area contributed by atoms with Crippen LogP contribution in [0.5, 0.6) is 0 Å². The quantitative estimate of drug-likeness (QED) is 0.146. The SMILES string of the molecule is c1ccc(N(c2ccccc2)c2ccc3oc4cc(N(c5ccccc5)c5ccc(N(c6ccccc6)c6ccccc6)c6c5oc5ccccc56)ccc4c3c2)cc1. The summed E-state index contributed by atoms with van der Waals surface area (Å²) in [6.45, 7) is 0. The lowest BCUT2D eigenvalue weighted by atomic mass is 10.0. The number of nitrogens with zero attached hydrogens (tertiary/aromatic N) is 3. The highest BCUT2D eigenvalue weighted by molar-refractivity contribution is 6.18. The van der Waals surface area contributed by atoms with Crippen LogP contribution in [0.3, 0.4) is 0 Å². The number of furan rings is 2. The molecule has 0 fully saturated rings. The molecular weight excluding hydrogens is 723 g/mol. The average Bonchev–Trinajstić information content (AvgIpc) is 3.88. The first-order valence-electron chi connectivity index (χ1n) is 19.8. The second-order valence-electron chi connectivity index (χ2n) is 14.6. The van der Waals surface area contributed by atoms with Crippen LogP contribution in [0.1, 0.15) is 0 Å². The van der Waals surface area contributed by atoms with Crippen LogP contribution in [0.4, 0.5) is 51.2 Å². The van der Waals surface area contributed by atoms with E-state index < -0.39 is 0 Å². The number of para-hydroxylation sites is 6. The Bertz CT molecular complexity index is 3140. The molecule has 11 aromatic rings. The molecule has 0 aliphatic heterocycles. The molecule has 0 saturated carbocycles. The van der Waals surface area contributed by atoms with Crippen molar-refractivity contribution in [1.82, 2.24) is 0 Å². The van der Waals surface area contributed by atoms with Crippen molar-refractivity contribution in [2.24, 2.45) is 0 Å². The molecule has 5 nitrogen and oxygen atoms in total. The van der Waals surface area contributed by atoms with Crippen LogP contribution in [0.2, 0.25) is 0 Å². The van der Waals surface area contributed by atoms with Gasteiger partial charge in [-0.3, -0.25) is 0 Å². The Balaban J connectivity index is 1.09. The molecule has 0 bridgehead atoms. The van der Waals surface area contributed by atoms with Crippen molar-refractivity contribution in [1.29, 1.82) is 0 Å². The summed E-state index contributed by atoms with van der Waals surface area (Å²) in [6, 6.07) is 78.2. The Morgan fingerprint density at radius 3 is 1.27 bits per heavy atom. The fourth-order valence-corrected chi connectivity index (χ4v) is 8.38. The van der Waals surface area contributed by atoms with Gasteiger partial charge in [-0.1, -0.05) is 109 Å². The van der Waals surface area contributed by atoms with Crippen molar-refractivity contribution in [3.63, 3.8) is 0 Å². The van der Waals surface area contributed by atoms with Crippen molar-refractivity contribution in [2.45, 2.75) is 0 Å². The first-order valence-corrected chi connectivity index (χ1v) is 19.8. The highest BCUT2D eigenvalue weighted by atomic mass is 16.3. The molecule has 0 saturated heterocycles. The second-order valence-corrected chi connectivity index (χ2v) is 14.6. The van der Waals surface area contributed by atoms with E-state index in [0.717, 1.165) is 95.1 Å². The van der Waals surface area contributed by atoms with Crippen LogP contribution < -0.4 is 14.7 Å². The standard InChI is InChI=1S/C54H37N3O2/c1-6-18-38(19-7-1)55(39-20-8-2-9-21-39)43-31-35-51-47(36-43)45-32-30-44(37-52(45)58-51)57(42-26-14-5-15-27-42)49-34-33-48(53-46-28-16-17-29-50(46)59-54(49)53)56(40-22-10-3-11-23-40)41-24-12-4-13-25-41/h1-37H. The van der Waals surface area contributed by atoms with Gasteiger partial charge in [-0.2, -0.15) is 0 Å².